The Bertz CT molecular complexity index is 839. The van der Waals surface area contributed by atoms with Crippen LogP contribution in [-0.4, -0.2) is 54.1 Å². The Balaban J connectivity index is 0.00000320. The van der Waals surface area contributed by atoms with E-state index < -0.39 is 0 Å². The quantitative estimate of drug-likeness (QED) is 0.311. The second-order valence-electron chi connectivity index (χ2n) is 7.27. The molecule has 0 fully saturated rings. The van der Waals surface area contributed by atoms with Crippen LogP contribution in [0.15, 0.2) is 23.2 Å². The summed E-state index contributed by atoms with van der Waals surface area (Å²) in [4.78, 5) is 9.31. The number of hydrogen-bond donors (Lipinski definition) is 2. The average Bonchev–Trinajstić information content (AvgIpc) is 3.10. The van der Waals surface area contributed by atoms with Gasteiger partial charge in [-0.1, -0.05) is 17.7 Å². The van der Waals surface area contributed by atoms with Crippen molar-refractivity contribution >= 4 is 29.9 Å². The monoisotopic (exact) mass is 528 g/mol. The first kappa shape index (κ1) is 24.4. The summed E-state index contributed by atoms with van der Waals surface area (Å²) in [5, 5.41) is 11.4. The van der Waals surface area contributed by atoms with E-state index in [4.69, 9.17) is 14.5 Å². The summed E-state index contributed by atoms with van der Waals surface area (Å²) in [6.07, 6.45) is 2.73. The van der Waals surface area contributed by atoms with Crippen LogP contribution in [0.1, 0.15) is 36.1 Å². The number of aliphatic imine (C=N–C) groups is 1. The molecule has 0 amide bonds. The van der Waals surface area contributed by atoms with Gasteiger partial charge in [-0.15, -0.1) is 24.0 Å². The van der Waals surface area contributed by atoms with Crippen LogP contribution in [0.2, 0.25) is 0 Å². The molecule has 30 heavy (non-hydrogen) atoms. The molecule has 0 bridgehead atoms. The lowest BCUT2D eigenvalue weighted by molar-refractivity contribution is 0.177. The van der Waals surface area contributed by atoms with E-state index in [-0.39, 0.29) is 30.0 Å². The molecule has 2 N–H and O–H groups in total. The minimum Gasteiger partial charge on any atom is -0.496 e. The predicted octanol–water partition coefficient (Wildman–Crippen LogP) is 2.47. The highest BCUT2D eigenvalue weighted by Crippen LogP contribution is 2.20. The highest BCUT2D eigenvalue weighted by molar-refractivity contribution is 14.0. The van der Waals surface area contributed by atoms with E-state index >= 15 is 0 Å². The Kier molecular flexibility index (Phi) is 9.83. The molecule has 2 heterocycles. The van der Waals surface area contributed by atoms with Gasteiger partial charge in [-0.2, -0.15) is 5.10 Å². The lowest BCUT2D eigenvalue weighted by Crippen LogP contribution is -2.47. The summed E-state index contributed by atoms with van der Waals surface area (Å²) in [6.45, 7) is 6.91. The first-order valence-electron chi connectivity index (χ1n) is 10.2. The number of aryl methyl sites for hydroxylation is 2. The van der Waals surface area contributed by atoms with E-state index in [0.29, 0.717) is 13.2 Å². The first-order valence-corrected chi connectivity index (χ1v) is 10.2. The largest absolute Gasteiger partial charge is 0.496 e. The van der Waals surface area contributed by atoms with Crippen LogP contribution in [0.5, 0.6) is 5.75 Å². The van der Waals surface area contributed by atoms with Crippen molar-refractivity contribution in [3.05, 3.63) is 41.0 Å². The Hall–Kier alpha value is -1.88. The van der Waals surface area contributed by atoms with Crippen LogP contribution in [0.3, 0.4) is 0 Å². The maximum atomic E-state index is 5.48. The number of guanidine groups is 1. The number of benzene rings is 1. The van der Waals surface area contributed by atoms with Gasteiger partial charge in [-0.05, 0) is 38.3 Å². The Labute approximate surface area is 195 Å². The summed E-state index contributed by atoms with van der Waals surface area (Å²) >= 11 is 0. The number of aromatic nitrogens is 3. The Morgan fingerprint density at radius 2 is 2.17 bits per heavy atom. The minimum atomic E-state index is 0. The second kappa shape index (κ2) is 12.1. The predicted molar refractivity (Wildman–Crippen MR) is 129 cm³/mol. The molecular formula is C21H33IN6O2. The molecule has 9 heteroatoms. The van der Waals surface area contributed by atoms with Crippen molar-refractivity contribution in [3.63, 3.8) is 0 Å². The van der Waals surface area contributed by atoms with Gasteiger partial charge in [0.05, 0.1) is 13.7 Å². The van der Waals surface area contributed by atoms with Gasteiger partial charge in [0.25, 0.3) is 0 Å². The maximum absolute atomic E-state index is 5.48. The van der Waals surface area contributed by atoms with Gasteiger partial charge in [0.1, 0.15) is 18.2 Å². The van der Waals surface area contributed by atoms with Crippen molar-refractivity contribution in [2.24, 2.45) is 4.99 Å². The number of ether oxygens (including phenoxy) is 2. The van der Waals surface area contributed by atoms with Gasteiger partial charge >= 0.3 is 0 Å². The third kappa shape index (κ3) is 6.56. The maximum Gasteiger partial charge on any atom is 0.191 e. The zero-order valence-electron chi connectivity index (χ0n) is 18.3. The fourth-order valence-corrected chi connectivity index (χ4v) is 3.57. The highest BCUT2D eigenvalue weighted by Gasteiger charge is 2.22. The highest BCUT2D eigenvalue weighted by atomic mass is 127. The zero-order valence-corrected chi connectivity index (χ0v) is 20.6. The second-order valence-corrected chi connectivity index (χ2v) is 7.27. The number of nitrogens with zero attached hydrogens (tertiary/aromatic N) is 4. The van der Waals surface area contributed by atoms with Crippen molar-refractivity contribution in [1.82, 2.24) is 25.4 Å². The lowest BCUT2D eigenvalue weighted by atomic mass is 10.1. The third-order valence-electron chi connectivity index (χ3n) is 4.95. The normalized spacial score (nSPS) is 15.9. The van der Waals surface area contributed by atoms with Crippen LogP contribution in [0.25, 0.3) is 0 Å². The standard InChI is InChI=1S/C21H32N6O2.HI/c1-5-22-21(23-11-10-16-12-15(2)6-8-18(16)29-4)24-17-7-9-20-25-19(14-28-3)26-27(20)13-17;/h6,8,12,17H,5,7,9-11,13-14H2,1-4H3,(H2,22,23,24);1H. The van der Waals surface area contributed by atoms with Gasteiger partial charge < -0.3 is 20.1 Å². The topological polar surface area (TPSA) is 85.6 Å². The van der Waals surface area contributed by atoms with E-state index in [0.717, 1.165) is 55.7 Å². The minimum absolute atomic E-state index is 0. The molecule has 1 atom stereocenters. The van der Waals surface area contributed by atoms with Gasteiger partial charge in [0, 0.05) is 32.7 Å². The average molecular weight is 528 g/mol. The molecule has 3 rings (SSSR count). The van der Waals surface area contributed by atoms with Crippen LogP contribution in [-0.2, 0) is 30.7 Å². The van der Waals surface area contributed by atoms with E-state index in [1.165, 1.54) is 11.1 Å². The van der Waals surface area contributed by atoms with Crippen molar-refractivity contribution < 1.29 is 9.47 Å². The molecular weight excluding hydrogens is 495 g/mol. The van der Waals surface area contributed by atoms with Gasteiger partial charge in [0.15, 0.2) is 11.8 Å². The molecule has 2 aromatic rings. The van der Waals surface area contributed by atoms with Gasteiger partial charge in [-0.25, -0.2) is 9.67 Å². The van der Waals surface area contributed by atoms with Gasteiger partial charge in [-0.3, -0.25) is 4.99 Å². The third-order valence-corrected chi connectivity index (χ3v) is 4.95. The molecule has 1 aliphatic heterocycles. The van der Waals surface area contributed by atoms with Gasteiger partial charge in [0.2, 0.25) is 0 Å². The zero-order chi connectivity index (χ0) is 20.6. The number of methoxy groups -OCH3 is 2. The number of fused-ring (bicyclic) bond motifs is 1. The number of rotatable bonds is 8. The Morgan fingerprint density at radius 3 is 2.90 bits per heavy atom. The molecule has 0 saturated heterocycles. The number of hydrogen-bond acceptors (Lipinski definition) is 5. The molecule has 8 nitrogen and oxygen atoms in total. The summed E-state index contributed by atoms with van der Waals surface area (Å²) < 4.78 is 12.6. The molecule has 1 aliphatic rings. The summed E-state index contributed by atoms with van der Waals surface area (Å²) in [7, 11) is 3.37. The van der Waals surface area contributed by atoms with E-state index in [1.807, 2.05) is 10.7 Å². The van der Waals surface area contributed by atoms with E-state index in [1.54, 1.807) is 14.2 Å². The molecule has 1 unspecified atom stereocenters. The van der Waals surface area contributed by atoms with Crippen molar-refractivity contribution in [1.29, 1.82) is 0 Å². The SMILES string of the molecule is CCNC(=NCCc1cc(C)ccc1OC)NC1CCc2nc(COC)nn2C1.I. The Morgan fingerprint density at radius 1 is 1.33 bits per heavy atom. The van der Waals surface area contributed by atoms with Crippen molar-refractivity contribution in [2.45, 2.75) is 52.3 Å². The molecule has 0 saturated carbocycles. The smallest absolute Gasteiger partial charge is 0.191 e. The van der Waals surface area contributed by atoms with E-state index in [9.17, 15) is 0 Å². The summed E-state index contributed by atoms with van der Waals surface area (Å²) in [5.41, 5.74) is 2.41. The fourth-order valence-electron chi connectivity index (χ4n) is 3.57. The molecule has 1 aromatic heterocycles. The molecule has 0 spiro atoms. The van der Waals surface area contributed by atoms with Crippen molar-refractivity contribution in [2.75, 3.05) is 27.3 Å². The number of halogens is 1. The molecule has 0 aliphatic carbocycles. The molecule has 1 aromatic carbocycles. The fraction of sp³-hybridized carbons (Fsp3) is 0.571. The van der Waals surface area contributed by atoms with E-state index in [2.05, 4.69) is 46.7 Å². The van der Waals surface area contributed by atoms with Crippen LogP contribution < -0.4 is 15.4 Å². The summed E-state index contributed by atoms with van der Waals surface area (Å²) in [6, 6.07) is 6.52. The first-order chi connectivity index (χ1) is 14.1. The number of nitrogens with one attached hydrogen (secondary N) is 2. The van der Waals surface area contributed by atoms with Crippen molar-refractivity contribution in [3.8, 4) is 5.75 Å². The lowest BCUT2D eigenvalue weighted by Gasteiger charge is -2.25. The van der Waals surface area contributed by atoms with Crippen LogP contribution >= 0.6 is 24.0 Å². The van der Waals surface area contributed by atoms with Crippen LogP contribution in [0, 0.1) is 6.92 Å². The molecule has 0 radical (unpaired) electrons. The summed E-state index contributed by atoms with van der Waals surface area (Å²) in [5.74, 6) is 3.53. The van der Waals surface area contributed by atoms with Crippen LogP contribution in [0.4, 0.5) is 0 Å². The molecule has 166 valence electrons.